The number of halogens is 1. The predicted octanol–water partition coefficient (Wildman–Crippen LogP) is 0.750. The summed E-state index contributed by atoms with van der Waals surface area (Å²) in [5.74, 6) is -1.34. The SMILES string of the molecule is CC1CN(C(=O)c2cc(F)cc([N+](=O)[O-])c2N)CCN1. The standard InChI is InChI=1S/C12H15FN4O3/c1-7-6-16(3-2-15-7)12(18)9-4-8(13)5-10(11(9)14)17(19)20/h4-5,7,15H,2-3,6,14H2,1H3. The van der Waals surface area contributed by atoms with Crippen LogP contribution in [0.15, 0.2) is 12.1 Å². The number of carbonyl (C=O) groups is 1. The van der Waals surface area contributed by atoms with Gasteiger partial charge in [0, 0.05) is 25.7 Å². The van der Waals surface area contributed by atoms with Crippen LogP contribution in [0, 0.1) is 15.9 Å². The Kier molecular flexibility index (Phi) is 3.84. The monoisotopic (exact) mass is 282 g/mol. The number of nitro benzene ring substituents is 1. The molecule has 1 atom stereocenters. The van der Waals surface area contributed by atoms with Crippen molar-refractivity contribution in [1.29, 1.82) is 0 Å². The van der Waals surface area contributed by atoms with Gasteiger partial charge in [0.05, 0.1) is 16.6 Å². The summed E-state index contributed by atoms with van der Waals surface area (Å²) in [5, 5.41) is 14.0. The number of nitrogen functional groups attached to an aromatic ring is 1. The van der Waals surface area contributed by atoms with Crippen molar-refractivity contribution in [2.45, 2.75) is 13.0 Å². The molecule has 1 heterocycles. The van der Waals surface area contributed by atoms with E-state index >= 15 is 0 Å². The molecule has 0 bridgehead atoms. The fourth-order valence-electron chi connectivity index (χ4n) is 2.22. The number of nitrogens with two attached hydrogens (primary N) is 1. The van der Waals surface area contributed by atoms with Gasteiger partial charge in [-0.15, -0.1) is 0 Å². The molecular weight excluding hydrogens is 267 g/mol. The third-order valence-corrected chi connectivity index (χ3v) is 3.21. The quantitative estimate of drug-likeness (QED) is 0.473. The fraction of sp³-hybridized carbons (Fsp3) is 0.417. The molecule has 2 rings (SSSR count). The van der Waals surface area contributed by atoms with E-state index in [2.05, 4.69) is 5.32 Å². The smallest absolute Gasteiger partial charge is 0.295 e. The lowest BCUT2D eigenvalue weighted by Crippen LogP contribution is -2.51. The van der Waals surface area contributed by atoms with Crippen LogP contribution < -0.4 is 11.1 Å². The maximum atomic E-state index is 13.4. The van der Waals surface area contributed by atoms with E-state index in [1.54, 1.807) is 0 Å². The van der Waals surface area contributed by atoms with Crippen molar-refractivity contribution < 1.29 is 14.1 Å². The molecule has 1 aromatic rings. The molecule has 0 aromatic heterocycles. The third-order valence-electron chi connectivity index (χ3n) is 3.21. The van der Waals surface area contributed by atoms with Crippen molar-refractivity contribution in [1.82, 2.24) is 10.2 Å². The van der Waals surface area contributed by atoms with Crippen molar-refractivity contribution in [3.63, 3.8) is 0 Å². The van der Waals surface area contributed by atoms with E-state index in [-0.39, 0.29) is 17.3 Å². The van der Waals surface area contributed by atoms with Crippen LogP contribution in [-0.2, 0) is 0 Å². The summed E-state index contributed by atoms with van der Waals surface area (Å²) in [4.78, 5) is 23.8. The topological polar surface area (TPSA) is 102 Å². The Morgan fingerprint density at radius 2 is 2.30 bits per heavy atom. The molecule has 1 saturated heterocycles. The van der Waals surface area contributed by atoms with E-state index in [1.807, 2.05) is 6.92 Å². The number of rotatable bonds is 2. The van der Waals surface area contributed by atoms with Gasteiger partial charge in [0.25, 0.3) is 11.6 Å². The summed E-state index contributed by atoms with van der Waals surface area (Å²) in [6, 6.07) is 1.77. The van der Waals surface area contributed by atoms with Crippen LogP contribution in [-0.4, -0.2) is 41.4 Å². The van der Waals surface area contributed by atoms with Crippen LogP contribution in [0.5, 0.6) is 0 Å². The minimum absolute atomic E-state index is 0.109. The second-order valence-electron chi connectivity index (χ2n) is 4.75. The number of anilines is 1. The lowest BCUT2D eigenvalue weighted by atomic mass is 10.1. The molecule has 108 valence electrons. The van der Waals surface area contributed by atoms with Crippen LogP contribution in [0.2, 0.25) is 0 Å². The van der Waals surface area contributed by atoms with Gasteiger partial charge in [-0.05, 0) is 13.0 Å². The Morgan fingerprint density at radius 1 is 1.60 bits per heavy atom. The zero-order chi connectivity index (χ0) is 14.9. The number of carbonyl (C=O) groups excluding carboxylic acids is 1. The Labute approximate surface area is 114 Å². The molecule has 1 aliphatic heterocycles. The molecule has 1 fully saturated rings. The molecule has 1 amide bonds. The lowest BCUT2D eigenvalue weighted by Gasteiger charge is -2.32. The number of piperazine rings is 1. The van der Waals surface area contributed by atoms with E-state index in [9.17, 15) is 19.3 Å². The summed E-state index contributed by atoms with van der Waals surface area (Å²) < 4.78 is 13.4. The number of hydrogen-bond donors (Lipinski definition) is 2. The van der Waals surface area contributed by atoms with Crippen molar-refractivity contribution in [2.24, 2.45) is 0 Å². The van der Waals surface area contributed by atoms with E-state index in [0.29, 0.717) is 25.7 Å². The van der Waals surface area contributed by atoms with Crippen molar-refractivity contribution in [3.8, 4) is 0 Å². The Balaban J connectivity index is 2.36. The number of nitrogens with one attached hydrogen (secondary N) is 1. The van der Waals surface area contributed by atoms with Crippen molar-refractivity contribution in [3.05, 3.63) is 33.6 Å². The molecule has 0 radical (unpaired) electrons. The van der Waals surface area contributed by atoms with Gasteiger partial charge in [0.15, 0.2) is 0 Å². The third kappa shape index (κ3) is 2.69. The molecule has 7 nitrogen and oxygen atoms in total. The van der Waals surface area contributed by atoms with E-state index in [0.717, 1.165) is 6.07 Å². The molecule has 8 heteroatoms. The summed E-state index contributed by atoms with van der Waals surface area (Å²) in [5.41, 5.74) is 4.58. The minimum Gasteiger partial charge on any atom is -0.393 e. The van der Waals surface area contributed by atoms with E-state index < -0.39 is 22.3 Å². The molecule has 0 aliphatic carbocycles. The first kappa shape index (κ1) is 14.2. The highest BCUT2D eigenvalue weighted by atomic mass is 19.1. The lowest BCUT2D eigenvalue weighted by molar-refractivity contribution is -0.384. The van der Waals surface area contributed by atoms with Gasteiger partial charge in [-0.2, -0.15) is 0 Å². The Morgan fingerprint density at radius 3 is 2.90 bits per heavy atom. The van der Waals surface area contributed by atoms with Crippen LogP contribution in [0.4, 0.5) is 15.8 Å². The summed E-state index contributed by atoms with van der Waals surface area (Å²) in [6.07, 6.45) is 0. The average Bonchev–Trinajstić information content (AvgIpc) is 2.40. The van der Waals surface area contributed by atoms with Crippen LogP contribution in [0.3, 0.4) is 0 Å². The normalized spacial score (nSPS) is 18.9. The molecule has 0 spiro atoms. The van der Waals surface area contributed by atoms with Gasteiger partial charge < -0.3 is 16.0 Å². The number of nitrogens with zero attached hydrogens (tertiary/aromatic N) is 2. The molecule has 0 saturated carbocycles. The Bertz CT molecular complexity index is 564. The molecule has 20 heavy (non-hydrogen) atoms. The maximum Gasteiger partial charge on any atom is 0.295 e. The molecular formula is C12H15FN4O3. The van der Waals surface area contributed by atoms with Crippen LogP contribution in [0.1, 0.15) is 17.3 Å². The van der Waals surface area contributed by atoms with Crippen molar-refractivity contribution >= 4 is 17.3 Å². The number of amides is 1. The zero-order valence-corrected chi connectivity index (χ0v) is 10.9. The second-order valence-corrected chi connectivity index (χ2v) is 4.75. The highest BCUT2D eigenvalue weighted by Gasteiger charge is 2.27. The van der Waals surface area contributed by atoms with E-state index in [4.69, 9.17) is 5.73 Å². The maximum absolute atomic E-state index is 13.4. The summed E-state index contributed by atoms with van der Waals surface area (Å²) in [6.45, 7) is 3.43. The van der Waals surface area contributed by atoms with Gasteiger partial charge in [0.1, 0.15) is 11.5 Å². The van der Waals surface area contributed by atoms with Gasteiger partial charge in [-0.1, -0.05) is 0 Å². The second kappa shape index (κ2) is 5.41. The number of benzene rings is 1. The highest BCUT2D eigenvalue weighted by molar-refractivity contribution is 6.01. The average molecular weight is 282 g/mol. The zero-order valence-electron chi connectivity index (χ0n) is 10.9. The first-order valence-electron chi connectivity index (χ1n) is 6.16. The van der Waals surface area contributed by atoms with Crippen LogP contribution in [0.25, 0.3) is 0 Å². The molecule has 1 unspecified atom stereocenters. The minimum atomic E-state index is -0.850. The first-order chi connectivity index (χ1) is 9.40. The van der Waals surface area contributed by atoms with Gasteiger partial charge in [0.2, 0.25) is 0 Å². The summed E-state index contributed by atoms with van der Waals surface area (Å²) in [7, 11) is 0. The fourth-order valence-corrected chi connectivity index (χ4v) is 2.22. The first-order valence-corrected chi connectivity index (χ1v) is 6.16. The number of hydrogen-bond acceptors (Lipinski definition) is 5. The van der Waals surface area contributed by atoms with Crippen LogP contribution >= 0.6 is 0 Å². The van der Waals surface area contributed by atoms with Gasteiger partial charge in [-0.25, -0.2) is 4.39 Å². The Hall–Kier alpha value is -2.22. The number of nitro groups is 1. The van der Waals surface area contributed by atoms with Crippen molar-refractivity contribution in [2.75, 3.05) is 25.4 Å². The highest BCUT2D eigenvalue weighted by Crippen LogP contribution is 2.27. The summed E-state index contributed by atoms with van der Waals surface area (Å²) >= 11 is 0. The molecule has 1 aromatic carbocycles. The van der Waals surface area contributed by atoms with E-state index in [1.165, 1.54) is 4.90 Å². The van der Waals surface area contributed by atoms with Gasteiger partial charge >= 0.3 is 0 Å². The van der Waals surface area contributed by atoms with Gasteiger partial charge in [-0.3, -0.25) is 14.9 Å². The largest absolute Gasteiger partial charge is 0.393 e. The predicted molar refractivity (Wildman–Crippen MR) is 70.8 cm³/mol. The molecule has 1 aliphatic rings. The molecule has 3 N–H and O–H groups in total.